The summed E-state index contributed by atoms with van der Waals surface area (Å²) < 4.78 is 0. The summed E-state index contributed by atoms with van der Waals surface area (Å²) in [6.07, 6.45) is 2.06. The summed E-state index contributed by atoms with van der Waals surface area (Å²) in [7, 11) is 0. The van der Waals surface area contributed by atoms with Crippen LogP contribution in [0.15, 0.2) is 35.7 Å². The maximum Gasteiger partial charge on any atom is 0.252 e. The molecule has 0 radical (unpaired) electrons. The van der Waals surface area contributed by atoms with Crippen LogP contribution in [0, 0.1) is 13.8 Å². The zero-order valence-electron chi connectivity index (χ0n) is 13.8. The Morgan fingerprint density at radius 2 is 1.91 bits per heavy atom. The topological polar surface area (TPSA) is 32.3 Å². The molecule has 23 heavy (non-hydrogen) atoms. The van der Waals surface area contributed by atoms with Gasteiger partial charge in [-0.25, -0.2) is 0 Å². The van der Waals surface area contributed by atoms with Gasteiger partial charge in [-0.05, 0) is 37.8 Å². The van der Waals surface area contributed by atoms with E-state index in [1.54, 1.807) is 11.3 Å². The van der Waals surface area contributed by atoms with Crippen LogP contribution in [0.4, 0.5) is 0 Å². The molecule has 0 saturated carbocycles. The van der Waals surface area contributed by atoms with Crippen molar-refractivity contribution in [1.29, 1.82) is 0 Å². The first-order valence-electron chi connectivity index (χ1n) is 8.25. The minimum absolute atomic E-state index is 0.0911. The maximum absolute atomic E-state index is 12.4. The van der Waals surface area contributed by atoms with Crippen LogP contribution in [0.1, 0.15) is 39.2 Å². The van der Waals surface area contributed by atoms with Gasteiger partial charge in [-0.15, -0.1) is 11.3 Å². The number of rotatable bonds is 4. The van der Waals surface area contributed by atoms with Gasteiger partial charge < -0.3 is 5.32 Å². The molecule has 2 aromatic rings. The summed E-state index contributed by atoms with van der Waals surface area (Å²) in [6, 6.07) is 10.9. The molecule has 3 nitrogen and oxygen atoms in total. The van der Waals surface area contributed by atoms with Crippen molar-refractivity contribution in [3.63, 3.8) is 0 Å². The third kappa shape index (κ3) is 4.01. The van der Waals surface area contributed by atoms with E-state index < -0.39 is 0 Å². The van der Waals surface area contributed by atoms with Crippen LogP contribution in [0.5, 0.6) is 0 Å². The van der Waals surface area contributed by atoms with E-state index in [0.717, 1.165) is 43.6 Å². The highest BCUT2D eigenvalue weighted by atomic mass is 32.1. The van der Waals surface area contributed by atoms with E-state index in [0.29, 0.717) is 6.04 Å². The largest absolute Gasteiger partial charge is 0.349 e. The van der Waals surface area contributed by atoms with Gasteiger partial charge in [-0.3, -0.25) is 9.69 Å². The normalized spacial score (nSPS) is 16.4. The summed E-state index contributed by atoms with van der Waals surface area (Å²) in [5, 5.41) is 5.19. The Kier molecular flexibility index (Phi) is 5.13. The van der Waals surface area contributed by atoms with E-state index in [9.17, 15) is 4.79 Å². The number of aryl methyl sites for hydroxylation is 1. The molecule has 0 unspecified atom stereocenters. The van der Waals surface area contributed by atoms with Crippen LogP contribution in [-0.4, -0.2) is 29.9 Å². The van der Waals surface area contributed by atoms with E-state index in [-0.39, 0.29) is 5.91 Å². The van der Waals surface area contributed by atoms with Crippen molar-refractivity contribution in [2.24, 2.45) is 0 Å². The number of nitrogens with one attached hydrogen (secondary N) is 1. The Morgan fingerprint density at radius 3 is 2.52 bits per heavy atom. The number of likely N-dealkylation sites (tertiary alicyclic amines) is 1. The van der Waals surface area contributed by atoms with Gasteiger partial charge in [0.05, 0.1) is 5.56 Å². The molecule has 1 aliphatic heterocycles. The number of benzene rings is 1. The SMILES string of the molecule is Cc1scc(C(=O)NC2CCN(Cc3ccccc3)CC2)c1C. The molecule has 0 spiro atoms. The lowest BCUT2D eigenvalue weighted by atomic mass is 10.0. The van der Waals surface area contributed by atoms with Gasteiger partial charge in [0.2, 0.25) is 0 Å². The van der Waals surface area contributed by atoms with Gasteiger partial charge in [0.25, 0.3) is 5.91 Å². The fraction of sp³-hybridized carbons (Fsp3) is 0.421. The smallest absolute Gasteiger partial charge is 0.252 e. The number of piperidine rings is 1. The Morgan fingerprint density at radius 1 is 1.22 bits per heavy atom. The number of amides is 1. The van der Waals surface area contributed by atoms with Crippen molar-refractivity contribution in [2.45, 2.75) is 39.3 Å². The van der Waals surface area contributed by atoms with E-state index in [4.69, 9.17) is 0 Å². The first-order valence-corrected chi connectivity index (χ1v) is 9.13. The standard InChI is InChI=1S/C19H24N2OS/c1-14-15(2)23-13-18(14)19(22)20-17-8-10-21(11-9-17)12-16-6-4-3-5-7-16/h3-7,13,17H,8-12H2,1-2H3,(H,20,22). The molecule has 1 aliphatic rings. The second kappa shape index (κ2) is 7.28. The fourth-order valence-corrected chi connectivity index (χ4v) is 3.94. The molecule has 0 atom stereocenters. The van der Waals surface area contributed by atoms with Crippen LogP contribution in [0.2, 0.25) is 0 Å². The number of thiophene rings is 1. The molecule has 1 amide bonds. The number of nitrogens with zero attached hydrogens (tertiary/aromatic N) is 1. The lowest BCUT2D eigenvalue weighted by Gasteiger charge is -2.32. The lowest BCUT2D eigenvalue weighted by molar-refractivity contribution is 0.0908. The first-order chi connectivity index (χ1) is 11.1. The van der Waals surface area contributed by atoms with Crippen molar-refractivity contribution in [3.8, 4) is 0 Å². The maximum atomic E-state index is 12.4. The average Bonchev–Trinajstić information content (AvgIpc) is 2.90. The van der Waals surface area contributed by atoms with Crippen molar-refractivity contribution in [3.05, 3.63) is 57.3 Å². The monoisotopic (exact) mass is 328 g/mol. The summed E-state index contributed by atoms with van der Waals surface area (Å²) in [6.45, 7) is 7.19. The lowest BCUT2D eigenvalue weighted by Crippen LogP contribution is -2.44. The molecule has 122 valence electrons. The molecule has 2 heterocycles. The quantitative estimate of drug-likeness (QED) is 0.927. The van der Waals surface area contributed by atoms with Crippen molar-refractivity contribution >= 4 is 17.2 Å². The highest BCUT2D eigenvalue weighted by Crippen LogP contribution is 2.21. The number of carbonyl (C=O) groups is 1. The Balaban J connectivity index is 1.49. The molecular weight excluding hydrogens is 304 g/mol. The minimum atomic E-state index is 0.0911. The van der Waals surface area contributed by atoms with Gasteiger partial charge in [-0.1, -0.05) is 30.3 Å². The molecule has 1 aromatic carbocycles. The fourth-order valence-electron chi connectivity index (χ4n) is 3.08. The highest BCUT2D eigenvalue weighted by Gasteiger charge is 2.22. The molecule has 0 aliphatic carbocycles. The zero-order valence-corrected chi connectivity index (χ0v) is 14.7. The molecule has 1 fully saturated rings. The Bertz CT molecular complexity index is 657. The summed E-state index contributed by atoms with van der Waals surface area (Å²) in [5.74, 6) is 0.0911. The molecule has 1 saturated heterocycles. The Hall–Kier alpha value is -1.65. The Labute approximate surface area is 142 Å². The van der Waals surface area contributed by atoms with Crippen molar-refractivity contribution in [1.82, 2.24) is 10.2 Å². The number of carbonyl (C=O) groups excluding carboxylic acids is 1. The summed E-state index contributed by atoms with van der Waals surface area (Å²) >= 11 is 1.65. The van der Waals surface area contributed by atoms with Gasteiger partial charge >= 0.3 is 0 Å². The van der Waals surface area contributed by atoms with Gasteiger partial charge in [0, 0.05) is 35.9 Å². The van der Waals surface area contributed by atoms with E-state index >= 15 is 0 Å². The first kappa shape index (κ1) is 16.2. The second-order valence-electron chi connectivity index (χ2n) is 6.34. The summed E-state index contributed by atoms with van der Waals surface area (Å²) in [4.78, 5) is 16.1. The predicted molar refractivity (Wildman–Crippen MR) is 96.0 cm³/mol. The van der Waals surface area contributed by atoms with Crippen LogP contribution < -0.4 is 5.32 Å². The van der Waals surface area contributed by atoms with Crippen molar-refractivity contribution < 1.29 is 4.79 Å². The van der Waals surface area contributed by atoms with Gasteiger partial charge in [0.15, 0.2) is 0 Å². The van der Waals surface area contributed by atoms with Gasteiger partial charge in [-0.2, -0.15) is 0 Å². The molecule has 0 bridgehead atoms. The minimum Gasteiger partial charge on any atom is -0.349 e. The molecule has 1 aromatic heterocycles. The summed E-state index contributed by atoms with van der Waals surface area (Å²) in [5.41, 5.74) is 3.33. The van der Waals surface area contributed by atoms with Crippen LogP contribution in [-0.2, 0) is 6.54 Å². The van der Waals surface area contributed by atoms with Crippen LogP contribution >= 0.6 is 11.3 Å². The average molecular weight is 328 g/mol. The third-order valence-electron chi connectivity index (χ3n) is 4.70. The predicted octanol–water partition coefficient (Wildman–Crippen LogP) is 3.76. The zero-order chi connectivity index (χ0) is 16.2. The van der Waals surface area contributed by atoms with E-state index in [1.165, 1.54) is 10.4 Å². The number of hydrogen-bond acceptors (Lipinski definition) is 3. The highest BCUT2D eigenvalue weighted by molar-refractivity contribution is 7.10. The molecule has 4 heteroatoms. The third-order valence-corrected chi connectivity index (χ3v) is 5.72. The number of hydrogen-bond donors (Lipinski definition) is 1. The molecular formula is C19H24N2OS. The van der Waals surface area contributed by atoms with Crippen LogP contribution in [0.25, 0.3) is 0 Å². The van der Waals surface area contributed by atoms with Gasteiger partial charge in [0.1, 0.15) is 0 Å². The molecule has 3 rings (SSSR count). The van der Waals surface area contributed by atoms with E-state index in [2.05, 4.69) is 47.5 Å². The molecule has 1 N–H and O–H groups in total. The van der Waals surface area contributed by atoms with E-state index in [1.807, 2.05) is 12.3 Å². The van der Waals surface area contributed by atoms with Crippen molar-refractivity contribution in [2.75, 3.05) is 13.1 Å². The van der Waals surface area contributed by atoms with Crippen LogP contribution in [0.3, 0.4) is 0 Å². The second-order valence-corrected chi connectivity index (χ2v) is 7.42.